The van der Waals surface area contributed by atoms with Crippen LogP contribution < -0.4 is 11.1 Å². The molecular weight excluding hydrogens is 224 g/mol. The molecule has 2 atom stereocenters. The van der Waals surface area contributed by atoms with Crippen molar-refractivity contribution < 1.29 is 4.79 Å². The maximum Gasteiger partial charge on any atom is 0.227 e. The van der Waals surface area contributed by atoms with Crippen LogP contribution in [-0.4, -0.2) is 18.5 Å². The lowest BCUT2D eigenvalue weighted by Crippen LogP contribution is -2.48. The minimum absolute atomic E-state index is 0.129. The average Bonchev–Trinajstić information content (AvgIpc) is 2.66. The van der Waals surface area contributed by atoms with E-state index in [1.54, 1.807) is 0 Å². The molecule has 1 aliphatic rings. The fourth-order valence-electron chi connectivity index (χ4n) is 2.71. The van der Waals surface area contributed by atoms with Gasteiger partial charge in [0.2, 0.25) is 5.91 Å². The van der Waals surface area contributed by atoms with Gasteiger partial charge in [0.1, 0.15) is 0 Å². The van der Waals surface area contributed by atoms with Crippen LogP contribution in [0.15, 0.2) is 0 Å². The number of hydrogen-bond acceptors (Lipinski definition) is 2. The molecule has 0 saturated heterocycles. The first-order chi connectivity index (χ1) is 8.53. The second kappa shape index (κ2) is 7.13. The third-order valence-corrected chi connectivity index (χ3v) is 4.74. The second-order valence-electron chi connectivity index (χ2n) is 6.13. The van der Waals surface area contributed by atoms with Crippen LogP contribution >= 0.6 is 0 Å². The zero-order valence-corrected chi connectivity index (χ0v) is 12.3. The summed E-state index contributed by atoms with van der Waals surface area (Å²) < 4.78 is 0. The molecule has 1 saturated carbocycles. The molecule has 0 bridgehead atoms. The van der Waals surface area contributed by atoms with Crippen LogP contribution in [0.3, 0.4) is 0 Å². The molecule has 0 aromatic rings. The molecule has 3 N–H and O–H groups in total. The monoisotopic (exact) mass is 254 g/mol. The van der Waals surface area contributed by atoms with Crippen LogP contribution in [0.25, 0.3) is 0 Å². The van der Waals surface area contributed by atoms with Crippen LogP contribution in [0.1, 0.15) is 65.7 Å². The van der Waals surface area contributed by atoms with Gasteiger partial charge in [-0.15, -0.1) is 0 Å². The molecule has 0 aromatic heterocycles. The highest BCUT2D eigenvalue weighted by atomic mass is 16.2. The Kier molecular flexibility index (Phi) is 6.13. The lowest BCUT2D eigenvalue weighted by atomic mass is 9.85. The van der Waals surface area contributed by atoms with Gasteiger partial charge in [-0.2, -0.15) is 0 Å². The number of nitrogens with two attached hydrogens (primary N) is 1. The van der Waals surface area contributed by atoms with Gasteiger partial charge >= 0.3 is 0 Å². The van der Waals surface area contributed by atoms with E-state index in [9.17, 15) is 4.79 Å². The third-order valence-electron chi connectivity index (χ3n) is 4.74. The van der Waals surface area contributed by atoms with Gasteiger partial charge in [-0.05, 0) is 39.0 Å². The molecule has 0 radical (unpaired) electrons. The van der Waals surface area contributed by atoms with Gasteiger partial charge in [0.25, 0.3) is 0 Å². The van der Waals surface area contributed by atoms with Crippen LogP contribution in [0.2, 0.25) is 0 Å². The standard InChI is InChI=1S/C15H30N2O/c1-4-15(3,11-16)14(18)17-12(2)13-9-7-5-6-8-10-13/h12-13H,4-11,16H2,1-3H3,(H,17,18)/t12-,15?/m1/s1. The van der Waals surface area contributed by atoms with Crippen LogP contribution in [0, 0.1) is 11.3 Å². The van der Waals surface area contributed by atoms with Gasteiger partial charge in [-0.3, -0.25) is 4.79 Å². The minimum atomic E-state index is -0.404. The largest absolute Gasteiger partial charge is 0.353 e. The van der Waals surface area contributed by atoms with E-state index < -0.39 is 5.41 Å². The molecule has 1 amide bonds. The minimum Gasteiger partial charge on any atom is -0.353 e. The van der Waals surface area contributed by atoms with Crippen molar-refractivity contribution in [1.29, 1.82) is 0 Å². The molecule has 1 unspecified atom stereocenters. The fourth-order valence-corrected chi connectivity index (χ4v) is 2.71. The summed E-state index contributed by atoms with van der Waals surface area (Å²) in [7, 11) is 0. The quantitative estimate of drug-likeness (QED) is 0.741. The van der Waals surface area contributed by atoms with Gasteiger partial charge < -0.3 is 11.1 Å². The van der Waals surface area contributed by atoms with Crippen molar-refractivity contribution in [3.8, 4) is 0 Å². The average molecular weight is 254 g/mol. The summed E-state index contributed by atoms with van der Waals surface area (Å²) in [4.78, 5) is 12.3. The number of carbonyl (C=O) groups excluding carboxylic acids is 1. The summed E-state index contributed by atoms with van der Waals surface area (Å²) in [6, 6.07) is 0.285. The van der Waals surface area contributed by atoms with Crippen molar-refractivity contribution in [1.82, 2.24) is 5.32 Å². The van der Waals surface area contributed by atoms with Crippen molar-refractivity contribution in [2.45, 2.75) is 71.8 Å². The molecule has 3 nitrogen and oxygen atoms in total. The second-order valence-corrected chi connectivity index (χ2v) is 6.13. The fraction of sp³-hybridized carbons (Fsp3) is 0.933. The molecule has 0 heterocycles. The Balaban J connectivity index is 2.52. The summed E-state index contributed by atoms with van der Waals surface area (Å²) in [6.45, 7) is 6.57. The van der Waals surface area contributed by atoms with Crippen LogP contribution in [0.4, 0.5) is 0 Å². The lowest BCUT2D eigenvalue weighted by Gasteiger charge is -2.30. The van der Waals surface area contributed by atoms with E-state index in [1.807, 2.05) is 13.8 Å². The lowest BCUT2D eigenvalue weighted by molar-refractivity contribution is -0.130. The molecule has 1 rings (SSSR count). The number of nitrogens with one attached hydrogen (secondary N) is 1. The highest BCUT2D eigenvalue weighted by Crippen LogP contribution is 2.26. The maximum atomic E-state index is 12.3. The van der Waals surface area contributed by atoms with Gasteiger partial charge in [0, 0.05) is 12.6 Å². The number of carbonyl (C=O) groups is 1. The van der Waals surface area contributed by atoms with Gasteiger partial charge in [0.15, 0.2) is 0 Å². The van der Waals surface area contributed by atoms with E-state index in [0.29, 0.717) is 12.5 Å². The molecule has 106 valence electrons. The molecule has 3 heteroatoms. The first-order valence-electron chi connectivity index (χ1n) is 7.54. The zero-order valence-electron chi connectivity index (χ0n) is 12.3. The Labute approximate surface area is 112 Å². The molecule has 18 heavy (non-hydrogen) atoms. The van der Waals surface area contributed by atoms with Gasteiger partial charge in [0.05, 0.1) is 5.41 Å². The smallest absolute Gasteiger partial charge is 0.227 e. The Morgan fingerprint density at radius 2 is 1.89 bits per heavy atom. The first-order valence-corrected chi connectivity index (χ1v) is 7.54. The summed E-state index contributed by atoms with van der Waals surface area (Å²) >= 11 is 0. The van der Waals surface area contributed by atoms with E-state index >= 15 is 0 Å². The molecule has 0 aliphatic heterocycles. The Bertz CT molecular complexity index is 253. The number of rotatable bonds is 5. The predicted octanol–water partition coefficient (Wildman–Crippen LogP) is 2.84. The number of hydrogen-bond donors (Lipinski definition) is 2. The molecule has 1 aliphatic carbocycles. The summed E-state index contributed by atoms with van der Waals surface area (Å²) in [5.74, 6) is 0.777. The van der Waals surface area contributed by atoms with Gasteiger partial charge in [-0.1, -0.05) is 32.6 Å². The van der Waals surface area contributed by atoms with Crippen molar-refractivity contribution in [3.05, 3.63) is 0 Å². The van der Waals surface area contributed by atoms with E-state index in [0.717, 1.165) is 6.42 Å². The molecule has 0 spiro atoms. The Morgan fingerprint density at radius 1 is 1.33 bits per heavy atom. The molecule has 1 fully saturated rings. The Hall–Kier alpha value is -0.570. The van der Waals surface area contributed by atoms with E-state index in [2.05, 4.69) is 12.2 Å². The Morgan fingerprint density at radius 3 is 2.33 bits per heavy atom. The highest BCUT2D eigenvalue weighted by molar-refractivity contribution is 5.82. The van der Waals surface area contributed by atoms with Gasteiger partial charge in [-0.25, -0.2) is 0 Å². The zero-order chi connectivity index (χ0) is 13.6. The SMILES string of the molecule is CCC(C)(CN)C(=O)N[C@H](C)C1CCCCCC1. The molecule has 0 aromatic carbocycles. The summed E-state index contributed by atoms with van der Waals surface area (Å²) in [5, 5.41) is 3.20. The first kappa shape index (κ1) is 15.5. The highest BCUT2D eigenvalue weighted by Gasteiger charge is 2.31. The van der Waals surface area contributed by atoms with Crippen LogP contribution in [0.5, 0.6) is 0 Å². The maximum absolute atomic E-state index is 12.3. The van der Waals surface area contributed by atoms with E-state index in [4.69, 9.17) is 5.73 Å². The van der Waals surface area contributed by atoms with Crippen molar-refractivity contribution >= 4 is 5.91 Å². The predicted molar refractivity (Wildman–Crippen MR) is 76.2 cm³/mol. The topological polar surface area (TPSA) is 55.1 Å². The van der Waals surface area contributed by atoms with E-state index in [-0.39, 0.29) is 11.9 Å². The third kappa shape index (κ3) is 3.98. The van der Waals surface area contributed by atoms with Crippen molar-refractivity contribution in [3.63, 3.8) is 0 Å². The number of amides is 1. The summed E-state index contributed by atoms with van der Waals surface area (Å²) in [5.41, 5.74) is 5.33. The van der Waals surface area contributed by atoms with Crippen LogP contribution in [-0.2, 0) is 4.79 Å². The normalized spacial score (nSPS) is 22.9. The van der Waals surface area contributed by atoms with Crippen molar-refractivity contribution in [2.24, 2.45) is 17.1 Å². The van der Waals surface area contributed by atoms with E-state index in [1.165, 1.54) is 38.5 Å². The summed E-state index contributed by atoms with van der Waals surface area (Å²) in [6.07, 6.45) is 8.64. The van der Waals surface area contributed by atoms with Crippen molar-refractivity contribution in [2.75, 3.05) is 6.54 Å². The molecular formula is C15H30N2O.